The Hall–Kier alpha value is -5.80. The number of aliphatic carboxylic acids is 1. The molecule has 0 spiro atoms. The molecule has 27 heteroatoms. The fraction of sp³-hybridized carbons (Fsp3) is 0.771. The zero-order valence-corrected chi connectivity index (χ0v) is 46.5. The van der Waals surface area contributed by atoms with Crippen molar-refractivity contribution in [3.05, 3.63) is 0 Å². The number of rotatable bonds is 37. The molecule has 0 saturated carbocycles. The van der Waals surface area contributed by atoms with Crippen molar-refractivity contribution in [3.63, 3.8) is 0 Å². The summed E-state index contributed by atoms with van der Waals surface area (Å²) in [5, 5.41) is 42.1. The predicted molar refractivity (Wildman–Crippen MR) is 286 cm³/mol. The zero-order chi connectivity index (χ0) is 57.7. The molecule has 0 aliphatic carbocycles. The number of aliphatic hydroxyl groups excluding tert-OH is 1. The topological polar surface area (TPSA) is 436 Å². The number of carbonyl (C=O) groups is 10. The number of aliphatic imine (C=N–C) groups is 1. The third-order valence-corrected chi connectivity index (χ3v) is 12.7. The van der Waals surface area contributed by atoms with Crippen molar-refractivity contribution in [2.24, 2.45) is 51.6 Å². The van der Waals surface area contributed by atoms with E-state index in [1.54, 1.807) is 47.8 Å². The summed E-state index contributed by atoms with van der Waals surface area (Å²) >= 11 is 1.37. The van der Waals surface area contributed by atoms with Crippen LogP contribution >= 0.6 is 11.8 Å². The number of hydrogen-bond acceptors (Lipinski definition) is 15. The first-order valence-corrected chi connectivity index (χ1v) is 27.0. The fourth-order valence-electron chi connectivity index (χ4n) is 7.21. The van der Waals surface area contributed by atoms with E-state index in [4.69, 9.17) is 22.9 Å². The Morgan fingerprint density at radius 1 is 0.533 bits per heavy atom. The molecule has 11 atom stereocenters. The summed E-state index contributed by atoms with van der Waals surface area (Å²) in [5.74, 6) is -9.60. The molecule has 0 bridgehead atoms. The molecule has 0 aliphatic heterocycles. The first-order valence-electron chi connectivity index (χ1n) is 25.6. The van der Waals surface area contributed by atoms with Gasteiger partial charge in [-0.05, 0) is 94.6 Å². The molecule has 0 rings (SSSR count). The van der Waals surface area contributed by atoms with Crippen LogP contribution in [0.25, 0.3) is 0 Å². The lowest BCUT2D eigenvalue weighted by Gasteiger charge is -2.30. The summed E-state index contributed by atoms with van der Waals surface area (Å²) in [4.78, 5) is 138. The summed E-state index contributed by atoms with van der Waals surface area (Å²) in [6.07, 6.45) is 4.26. The SMILES string of the molecule is CC[C@H](C)[C@H](NC(=O)[C@H](C)NC(=O)[C@H](CC(C)C)NC(=O)[C@@H](NC(=O)[C@H](CCCN=C(N)N)NC(=O)[C@H](C)NC(=O)[C@@H](N)CCCCN)C(C)C)C(=O)N[C@H](C(=O)N[C@@H](CCSC)C(=O)N[C@@H](CO)C(=O)O)C(C)C. The van der Waals surface area contributed by atoms with Gasteiger partial charge in [0.1, 0.15) is 54.4 Å². The number of thioether (sulfide) groups is 1. The number of nitrogens with one attached hydrogen (secondary N) is 9. The van der Waals surface area contributed by atoms with Crippen LogP contribution in [0.1, 0.15) is 121 Å². The van der Waals surface area contributed by atoms with Crippen LogP contribution < -0.4 is 70.8 Å². The van der Waals surface area contributed by atoms with Gasteiger partial charge in [0.05, 0.1) is 12.6 Å². The highest BCUT2D eigenvalue weighted by Crippen LogP contribution is 2.14. The molecule has 0 unspecified atom stereocenters. The standard InChI is InChI=1S/C48H90N14O12S/c1-12-27(8)37(46(72)61-36(26(6)7)44(70)57-32(18-21-75-11)41(67)59-34(23-63)47(73)74)62-39(65)29(10)55-43(69)33(22-24(2)3)58-45(71)35(25(4)5)60-42(68)31(17-15-20-53-48(51)52)56-38(64)28(9)54-40(66)30(50)16-13-14-19-49/h24-37,63H,12-23,49-50H2,1-11H3,(H,54,66)(H,55,69)(H,56,64)(H,57,70)(H,58,71)(H,59,67)(H,60,68)(H,61,72)(H,62,65)(H,73,74)(H4,51,52,53)/t27-,28-,29-,30-,31-,32-,33-,34-,35-,36-,37-/m0/s1. The molecule has 0 aromatic rings. The number of guanidine groups is 1. The number of carbonyl (C=O) groups excluding carboxylic acids is 9. The van der Waals surface area contributed by atoms with E-state index in [1.807, 2.05) is 13.8 Å². The Kier molecular flexibility index (Phi) is 33.4. The number of carboxylic acid groups (broad SMARTS) is 1. The summed E-state index contributed by atoms with van der Waals surface area (Å²) in [6.45, 7) is 16.2. The maximum Gasteiger partial charge on any atom is 0.328 e. The minimum Gasteiger partial charge on any atom is -0.480 e. The Bertz CT molecular complexity index is 1910. The molecule has 0 heterocycles. The molecular weight excluding hydrogens is 997 g/mol. The second-order valence-corrected chi connectivity index (χ2v) is 20.8. The van der Waals surface area contributed by atoms with Gasteiger partial charge in [-0.2, -0.15) is 11.8 Å². The number of nitrogens with zero attached hydrogens (tertiary/aromatic N) is 1. The number of nitrogens with two attached hydrogens (primary N) is 4. The number of amides is 9. The highest BCUT2D eigenvalue weighted by Gasteiger charge is 2.37. The number of unbranched alkanes of at least 4 members (excludes halogenated alkanes) is 1. The molecule has 9 amide bonds. The smallest absolute Gasteiger partial charge is 0.328 e. The van der Waals surface area contributed by atoms with Crippen LogP contribution in [-0.2, 0) is 47.9 Å². The summed E-state index contributed by atoms with van der Waals surface area (Å²) in [7, 11) is 0. The van der Waals surface area contributed by atoms with Crippen molar-refractivity contribution in [3.8, 4) is 0 Å². The Morgan fingerprint density at radius 2 is 0.973 bits per heavy atom. The molecule has 75 heavy (non-hydrogen) atoms. The average Bonchev–Trinajstić information content (AvgIpc) is 3.33. The van der Waals surface area contributed by atoms with Crippen LogP contribution in [-0.4, -0.2) is 167 Å². The average molecular weight is 1090 g/mol. The molecule has 430 valence electrons. The quantitative estimate of drug-likeness (QED) is 0.0169. The van der Waals surface area contributed by atoms with E-state index in [0.29, 0.717) is 38.0 Å². The lowest BCUT2D eigenvalue weighted by molar-refractivity contribution is -0.143. The van der Waals surface area contributed by atoms with Crippen LogP contribution in [0, 0.1) is 23.7 Å². The second-order valence-electron chi connectivity index (χ2n) is 19.8. The number of hydrogen-bond donors (Lipinski definition) is 15. The van der Waals surface area contributed by atoms with E-state index in [9.17, 15) is 58.2 Å². The van der Waals surface area contributed by atoms with Gasteiger partial charge in [0.2, 0.25) is 53.2 Å². The first-order chi connectivity index (χ1) is 35.1. The van der Waals surface area contributed by atoms with E-state index in [-0.39, 0.29) is 44.1 Å². The van der Waals surface area contributed by atoms with Gasteiger partial charge >= 0.3 is 5.97 Å². The fourth-order valence-corrected chi connectivity index (χ4v) is 7.68. The third-order valence-electron chi connectivity index (χ3n) is 12.1. The summed E-state index contributed by atoms with van der Waals surface area (Å²) in [6, 6.07) is -12.2. The largest absolute Gasteiger partial charge is 0.480 e. The van der Waals surface area contributed by atoms with Crippen LogP contribution in [0.3, 0.4) is 0 Å². The maximum absolute atomic E-state index is 14.0. The van der Waals surface area contributed by atoms with Crippen LogP contribution in [0.15, 0.2) is 4.99 Å². The van der Waals surface area contributed by atoms with E-state index in [0.717, 1.165) is 0 Å². The van der Waals surface area contributed by atoms with Crippen molar-refractivity contribution in [1.29, 1.82) is 0 Å². The lowest BCUT2D eigenvalue weighted by atomic mass is 9.96. The van der Waals surface area contributed by atoms with Crippen molar-refractivity contribution in [2.75, 3.05) is 31.7 Å². The zero-order valence-electron chi connectivity index (χ0n) is 45.7. The van der Waals surface area contributed by atoms with Crippen molar-refractivity contribution < 1.29 is 58.2 Å². The molecule has 26 nitrogen and oxygen atoms in total. The van der Waals surface area contributed by atoms with Crippen LogP contribution in [0.2, 0.25) is 0 Å². The Morgan fingerprint density at radius 3 is 1.45 bits per heavy atom. The van der Waals surface area contributed by atoms with E-state index >= 15 is 0 Å². The van der Waals surface area contributed by atoms with Gasteiger partial charge in [0.15, 0.2) is 5.96 Å². The van der Waals surface area contributed by atoms with Gasteiger partial charge in [-0.15, -0.1) is 0 Å². The molecule has 19 N–H and O–H groups in total. The minimum atomic E-state index is -1.61. The summed E-state index contributed by atoms with van der Waals surface area (Å²) < 4.78 is 0. The van der Waals surface area contributed by atoms with Gasteiger partial charge in [-0.25, -0.2) is 4.79 Å². The maximum atomic E-state index is 14.0. The second kappa shape index (κ2) is 36.2. The van der Waals surface area contributed by atoms with Crippen LogP contribution in [0.5, 0.6) is 0 Å². The lowest BCUT2D eigenvalue weighted by Crippen LogP contribution is -2.62. The Balaban J connectivity index is 6.31. The van der Waals surface area contributed by atoms with Crippen LogP contribution in [0.4, 0.5) is 0 Å². The molecule has 0 aliphatic rings. The number of carboxylic acids is 1. The van der Waals surface area contributed by atoms with Crippen molar-refractivity contribution >= 4 is 76.9 Å². The molecule has 0 radical (unpaired) electrons. The highest BCUT2D eigenvalue weighted by atomic mass is 32.2. The Labute approximate surface area is 445 Å². The first kappa shape index (κ1) is 69.2. The van der Waals surface area contributed by atoms with Gasteiger partial charge in [-0.1, -0.05) is 68.2 Å². The molecule has 0 fully saturated rings. The van der Waals surface area contributed by atoms with Crippen molar-refractivity contribution in [2.45, 2.75) is 181 Å². The van der Waals surface area contributed by atoms with E-state index in [1.165, 1.54) is 25.6 Å². The molecule has 0 aromatic heterocycles. The number of aliphatic hydroxyl groups is 1. The van der Waals surface area contributed by atoms with Gasteiger partial charge in [0.25, 0.3) is 0 Å². The third kappa shape index (κ3) is 26.5. The monoisotopic (exact) mass is 1090 g/mol. The molecule has 0 saturated heterocycles. The normalized spacial score (nSPS) is 15.7. The molecular formula is C48H90N14O12S. The summed E-state index contributed by atoms with van der Waals surface area (Å²) in [5.41, 5.74) is 22.4. The van der Waals surface area contributed by atoms with Gasteiger partial charge in [0, 0.05) is 6.54 Å². The minimum absolute atomic E-state index is 0.0230. The van der Waals surface area contributed by atoms with E-state index < -0.39 is 144 Å². The van der Waals surface area contributed by atoms with Gasteiger partial charge in [-0.3, -0.25) is 48.1 Å². The molecule has 0 aromatic carbocycles. The predicted octanol–water partition coefficient (Wildman–Crippen LogP) is -2.87. The highest BCUT2D eigenvalue weighted by molar-refractivity contribution is 7.98. The van der Waals surface area contributed by atoms with Gasteiger partial charge < -0.3 is 81.0 Å². The van der Waals surface area contributed by atoms with E-state index in [2.05, 4.69) is 52.8 Å². The van der Waals surface area contributed by atoms with Crippen molar-refractivity contribution in [1.82, 2.24) is 47.9 Å².